The lowest BCUT2D eigenvalue weighted by Crippen LogP contribution is -2.12. The summed E-state index contributed by atoms with van der Waals surface area (Å²) in [6, 6.07) is 4.68. The maximum Gasteiger partial charge on any atom is 0.254 e. The Balaban J connectivity index is 1.81. The number of aromatic nitrogens is 4. The van der Waals surface area contributed by atoms with Crippen LogP contribution in [0.5, 0.6) is 11.6 Å². The average Bonchev–Trinajstić information content (AvgIpc) is 2.58. The number of aromatic amines is 1. The Hall–Kier alpha value is -3.29. The molecule has 8 heteroatoms. The molecule has 0 unspecified atom stereocenters. The quantitative estimate of drug-likeness (QED) is 0.747. The molecule has 2 heterocycles. The van der Waals surface area contributed by atoms with Crippen LogP contribution in [0.25, 0.3) is 11.3 Å². The molecule has 3 N–H and O–H groups in total. The summed E-state index contributed by atoms with van der Waals surface area (Å²) in [6.45, 7) is 0. The summed E-state index contributed by atoms with van der Waals surface area (Å²) in [5.41, 5.74) is 6.54. The number of rotatable bonds is 4. The van der Waals surface area contributed by atoms with E-state index >= 15 is 4.39 Å². The number of halogens is 1. The number of nitrogens with zero attached hydrogens (tertiary/aromatic N) is 3. The Bertz CT molecular complexity index is 999. The lowest BCUT2D eigenvalue weighted by molar-refractivity contribution is 0.378. The summed E-state index contributed by atoms with van der Waals surface area (Å²) in [5.74, 6) is 0.0331. The van der Waals surface area contributed by atoms with Gasteiger partial charge in [0.15, 0.2) is 11.6 Å². The third kappa shape index (κ3) is 3.01. The molecule has 7 nitrogen and oxygen atoms in total. The fourth-order valence-electron chi connectivity index (χ4n) is 2.90. The molecule has 0 saturated heterocycles. The van der Waals surface area contributed by atoms with E-state index in [1.165, 1.54) is 24.8 Å². The van der Waals surface area contributed by atoms with Crippen LogP contribution in [0.4, 0.5) is 10.2 Å². The van der Waals surface area contributed by atoms with E-state index < -0.39 is 5.82 Å². The Morgan fingerprint density at radius 3 is 2.69 bits per heavy atom. The van der Waals surface area contributed by atoms with Crippen LogP contribution in [0.15, 0.2) is 41.7 Å². The number of nitrogens with two attached hydrogens (primary N) is 1. The molecule has 3 aromatic rings. The zero-order valence-electron chi connectivity index (χ0n) is 13.8. The highest BCUT2D eigenvalue weighted by molar-refractivity contribution is 5.64. The van der Waals surface area contributed by atoms with E-state index in [1.807, 2.05) is 6.07 Å². The van der Waals surface area contributed by atoms with Crippen molar-refractivity contribution in [3.8, 4) is 22.9 Å². The van der Waals surface area contributed by atoms with Gasteiger partial charge >= 0.3 is 0 Å². The van der Waals surface area contributed by atoms with Gasteiger partial charge < -0.3 is 15.5 Å². The average molecular weight is 353 g/mol. The molecule has 26 heavy (non-hydrogen) atoms. The third-order valence-electron chi connectivity index (χ3n) is 4.48. The Kier molecular flexibility index (Phi) is 4.08. The lowest BCUT2D eigenvalue weighted by atomic mass is 9.79. The summed E-state index contributed by atoms with van der Waals surface area (Å²) < 4.78 is 21.0. The van der Waals surface area contributed by atoms with Crippen molar-refractivity contribution >= 4 is 5.82 Å². The molecule has 1 saturated carbocycles. The van der Waals surface area contributed by atoms with Gasteiger partial charge in [-0.1, -0.05) is 12.5 Å². The molecule has 2 aromatic heterocycles. The van der Waals surface area contributed by atoms with Crippen LogP contribution >= 0.6 is 0 Å². The van der Waals surface area contributed by atoms with Gasteiger partial charge in [-0.3, -0.25) is 9.78 Å². The van der Waals surface area contributed by atoms with Gasteiger partial charge in [0.25, 0.3) is 5.56 Å². The van der Waals surface area contributed by atoms with Crippen molar-refractivity contribution in [1.82, 2.24) is 19.9 Å². The normalized spacial score (nSPS) is 14.0. The second-order valence-electron chi connectivity index (χ2n) is 6.15. The predicted molar refractivity (Wildman–Crippen MR) is 93.4 cm³/mol. The van der Waals surface area contributed by atoms with Gasteiger partial charge in [-0.2, -0.15) is 0 Å². The monoisotopic (exact) mass is 353 g/mol. The third-order valence-corrected chi connectivity index (χ3v) is 4.48. The Morgan fingerprint density at radius 1 is 1.19 bits per heavy atom. The fraction of sp³-hybridized carbons (Fsp3) is 0.222. The fourth-order valence-corrected chi connectivity index (χ4v) is 2.90. The number of H-pyrrole nitrogens is 1. The molecular weight excluding hydrogens is 337 g/mol. The topological polar surface area (TPSA) is 107 Å². The zero-order valence-corrected chi connectivity index (χ0v) is 13.8. The van der Waals surface area contributed by atoms with Crippen molar-refractivity contribution < 1.29 is 9.13 Å². The molecule has 0 radical (unpaired) electrons. The highest BCUT2D eigenvalue weighted by Crippen LogP contribution is 2.44. The van der Waals surface area contributed by atoms with Crippen molar-refractivity contribution in [2.45, 2.75) is 25.2 Å². The summed E-state index contributed by atoms with van der Waals surface area (Å²) >= 11 is 0. The molecule has 0 aliphatic heterocycles. The first-order valence-electron chi connectivity index (χ1n) is 8.24. The molecule has 1 fully saturated rings. The molecule has 4 rings (SSSR count). The van der Waals surface area contributed by atoms with Crippen LogP contribution in [-0.4, -0.2) is 19.9 Å². The van der Waals surface area contributed by atoms with Crippen molar-refractivity contribution in [3.05, 3.63) is 58.7 Å². The van der Waals surface area contributed by atoms with Gasteiger partial charge in [0.2, 0.25) is 5.88 Å². The summed E-state index contributed by atoms with van der Waals surface area (Å²) in [4.78, 5) is 25.9. The van der Waals surface area contributed by atoms with Gasteiger partial charge in [-0.05, 0) is 24.8 Å². The van der Waals surface area contributed by atoms with Gasteiger partial charge in [0.05, 0.1) is 30.5 Å². The van der Waals surface area contributed by atoms with Gasteiger partial charge in [0.1, 0.15) is 5.82 Å². The molecule has 0 spiro atoms. The number of hydrogen-bond acceptors (Lipinski definition) is 6. The molecule has 0 amide bonds. The Morgan fingerprint density at radius 2 is 2.04 bits per heavy atom. The first-order valence-corrected chi connectivity index (χ1v) is 8.24. The van der Waals surface area contributed by atoms with Gasteiger partial charge in [0, 0.05) is 11.1 Å². The second kappa shape index (κ2) is 6.55. The molecule has 132 valence electrons. The number of nitrogen functional groups attached to an aromatic ring is 1. The van der Waals surface area contributed by atoms with Gasteiger partial charge in [-0.15, -0.1) is 0 Å². The van der Waals surface area contributed by atoms with Crippen molar-refractivity contribution in [1.29, 1.82) is 0 Å². The zero-order chi connectivity index (χ0) is 18.1. The molecule has 1 aromatic carbocycles. The number of benzene rings is 1. The van der Waals surface area contributed by atoms with E-state index in [1.54, 1.807) is 6.07 Å². The van der Waals surface area contributed by atoms with Crippen molar-refractivity contribution in [3.63, 3.8) is 0 Å². The Labute approximate surface area is 148 Å². The molecule has 0 bridgehead atoms. The van der Waals surface area contributed by atoms with E-state index in [-0.39, 0.29) is 34.5 Å². The minimum absolute atomic E-state index is 0.0359. The van der Waals surface area contributed by atoms with Crippen molar-refractivity contribution in [2.24, 2.45) is 0 Å². The maximum atomic E-state index is 15.3. The SMILES string of the molecule is Nc1cnc(-c2ccc(C3CCC3)c(Oc3cc(=O)[nH]cn3)c2F)cn1. The number of anilines is 1. The molecular formula is C18H16FN5O2. The minimum Gasteiger partial charge on any atom is -0.435 e. The maximum absolute atomic E-state index is 15.3. The highest BCUT2D eigenvalue weighted by Gasteiger charge is 2.27. The van der Waals surface area contributed by atoms with Crippen LogP contribution in [0.2, 0.25) is 0 Å². The molecule has 1 aliphatic rings. The largest absolute Gasteiger partial charge is 0.435 e. The predicted octanol–water partition coefficient (Wildman–Crippen LogP) is 3.01. The summed E-state index contributed by atoms with van der Waals surface area (Å²) in [5, 5.41) is 0. The van der Waals surface area contributed by atoms with Crippen LogP contribution in [0.1, 0.15) is 30.7 Å². The van der Waals surface area contributed by atoms with E-state index in [0.29, 0.717) is 5.69 Å². The van der Waals surface area contributed by atoms with E-state index in [2.05, 4.69) is 19.9 Å². The summed E-state index contributed by atoms with van der Waals surface area (Å²) in [6.07, 6.45) is 7.03. The van der Waals surface area contributed by atoms with Crippen LogP contribution in [0, 0.1) is 5.82 Å². The van der Waals surface area contributed by atoms with E-state index in [0.717, 1.165) is 24.8 Å². The minimum atomic E-state index is -0.560. The first-order chi connectivity index (χ1) is 12.6. The van der Waals surface area contributed by atoms with E-state index in [4.69, 9.17) is 10.5 Å². The van der Waals surface area contributed by atoms with Gasteiger partial charge in [-0.25, -0.2) is 14.4 Å². The highest BCUT2D eigenvalue weighted by atomic mass is 19.1. The number of hydrogen-bond donors (Lipinski definition) is 2. The van der Waals surface area contributed by atoms with E-state index in [9.17, 15) is 4.79 Å². The molecule has 0 atom stereocenters. The van der Waals surface area contributed by atoms with Crippen LogP contribution in [-0.2, 0) is 0 Å². The van der Waals surface area contributed by atoms with Crippen LogP contribution < -0.4 is 16.0 Å². The number of nitrogens with one attached hydrogen (secondary N) is 1. The van der Waals surface area contributed by atoms with Crippen LogP contribution in [0.3, 0.4) is 0 Å². The van der Waals surface area contributed by atoms with Crippen molar-refractivity contribution in [2.75, 3.05) is 5.73 Å². The standard InChI is InChI=1S/C18H16FN5O2/c19-17-12(13-7-22-14(20)8-21-13)5-4-11(10-2-1-3-10)18(17)26-16-6-15(25)23-9-24-16/h4-10H,1-3H2,(H2,20,22)(H,23,24,25). The lowest BCUT2D eigenvalue weighted by Gasteiger charge is -2.28. The smallest absolute Gasteiger partial charge is 0.254 e. The number of ether oxygens (including phenoxy) is 1. The molecule has 1 aliphatic carbocycles. The first kappa shape index (κ1) is 16.2. The second-order valence-corrected chi connectivity index (χ2v) is 6.15. The summed E-state index contributed by atoms with van der Waals surface area (Å²) in [7, 11) is 0.